The van der Waals surface area contributed by atoms with Gasteiger partial charge in [-0.15, -0.1) is 0 Å². The molecule has 0 spiro atoms. The van der Waals surface area contributed by atoms with E-state index < -0.39 is 17.8 Å². The van der Waals surface area contributed by atoms with Gasteiger partial charge in [0.15, 0.2) is 0 Å². The summed E-state index contributed by atoms with van der Waals surface area (Å²) in [4.78, 5) is 12.9. The summed E-state index contributed by atoms with van der Waals surface area (Å²) in [5.41, 5.74) is -0.743. The third-order valence-corrected chi connectivity index (χ3v) is 2.71. The average Bonchev–Trinajstić information content (AvgIpc) is 2.42. The summed E-state index contributed by atoms with van der Waals surface area (Å²) in [6.45, 7) is 2.09. The Morgan fingerprint density at radius 3 is 2.45 bits per heavy atom. The molecule has 1 rings (SSSR count). The van der Waals surface area contributed by atoms with Crippen LogP contribution in [0.15, 0.2) is 24.3 Å². The summed E-state index contributed by atoms with van der Waals surface area (Å²) in [6, 6.07) is 3.96. The highest BCUT2D eigenvalue weighted by molar-refractivity contribution is 5.73. The second-order valence-corrected chi connectivity index (χ2v) is 4.83. The molecule has 1 aromatic carbocycles. The molecule has 1 aromatic rings. The van der Waals surface area contributed by atoms with Gasteiger partial charge in [-0.2, -0.15) is 13.2 Å². The van der Waals surface area contributed by atoms with Crippen molar-refractivity contribution in [1.29, 1.82) is 0 Å². The lowest BCUT2D eigenvalue weighted by molar-refractivity contribution is -0.137. The summed E-state index contributed by atoms with van der Waals surface area (Å²) in [5.74, 6) is 0.291. The van der Waals surface area contributed by atoms with Gasteiger partial charge in [-0.1, -0.05) is 0 Å². The smallest absolute Gasteiger partial charge is 0.416 e. The molecule has 1 atom stereocenters. The average molecular weight is 320 g/mol. The molecule has 0 fully saturated rings. The highest BCUT2D eigenvalue weighted by atomic mass is 19.4. The molecule has 0 aliphatic carbocycles. The van der Waals surface area contributed by atoms with Gasteiger partial charge in [-0.25, -0.2) is 4.79 Å². The number of carbonyl (C=O) groups is 1. The number of ether oxygens (including phenoxy) is 1. The summed E-state index contributed by atoms with van der Waals surface area (Å²) in [6.07, 6.45) is -5.00. The van der Waals surface area contributed by atoms with Crippen LogP contribution in [0.5, 0.6) is 5.75 Å². The van der Waals surface area contributed by atoms with E-state index in [1.165, 1.54) is 17.0 Å². The van der Waals surface area contributed by atoms with Gasteiger partial charge in [0.25, 0.3) is 0 Å². The van der Waals surface area contributed by atoms with Gasteiger partial charge in [0, 0.05) is 13.6 Å². The number of aliphatic hydroxyl groups is 1. The Morgan fingerprint density at radius 2 is 1.95 bits per heavy atom. The van der Waals surface area contributed by atoms with Crippen LogP contribution in [0.1, 0.15) is 12.5 Å². The first-order valence-electron chi connectivity index (χ1n) is 6.67. The first kappa shape index (κ1) is 18.1. The molecule has 0 aromatic heterocycles. The van der Waals surface area contributed by atoms with Crippen molar-refractivity contribution in [1.82, 2.24) is 10.2 Å². The van der Waals surface area contributed by atoms with Gasteiger partial charge in [-0.05, 0) is 31.2 Å². The molecule has 0 bridgehead atoms. The Labute approximate surface area is 126 Å². The third-order valence-electron chi connectivity index (χ3n) is 2.71. The van der Waals surface area contributed by atoms with E-state index in [-0.39, 0.29) is 25.7 Å². The van der Waals surface area contributed by atoms with Crippen LogP contribution in [0, 0.1) is 0 Å². The minimum Gasteiger partial charge on any atom is -0.492 e. The Hall–Kier alpha value is -1.96. The first-order valence-corrected chi connectivity index (χ1v) is 6.67. The zero-order chi connectivity index (χ0) is 16.8. The maximum Gasteiger partial charge on any atom is 0.416 e. The number of aliphatic hydroxyl groups excluding tert-OH is 1. The van der Waals surface area contributed by atoms with Crippen molar-refractivity contribution in [2.45, 2.75) is 19.2 Å². The molecule has 124 valence electrons. The SMILES string of the molecule is CC(O)CN(C)C(=O)NCCOc1ccc(C(F)(F)F)cc1. The fourth-order valence-electron chi connectivity index (χ4n) is 1.68. The van der Waals surface area contributed by atoms with E-state index in [9.17, 15) is 18.0 Å². The van der Waals surface area contributed by atoms with Crippen molar-refractivity contribution in [3.05, 3.63) is 29.8 Å². The van der Waals surface area contributed by atoms with Crippen molar-refractivity contribution in [3.8, 4) is 5.75 Å². The second-order valence-electron chi connectivity index (χ2n) is 4.83. The fraction of sp³-hybridized carbons (Fsp3) is 0.500. The maximum absolute atomic E-state index is 12.4. The molecule has 0 heterocycles. The Kier molecular flexibility index (Phi) is 6.48. The summed E-state index contributed by atoms with van der Waals surface area (Å²) >= 11 is 0. The molecule has 2 N–H and O–H groups in total. The third kappa shape index (κ3) is 6.21. The zero-order valence-electron chi connectivity index (χ0n) is 12.4. The number of urea groups is 1. The fourth-order valence-corrected chi connectivity index (χ4v) is 1.68. The molecular formula is C14H19F3N2O3. The van der Waals surface area contributed by atoms with E-state index in [2.05, 4.69) is 5.32 Å². The number of amides is 2. The van der Waals surface area contributed by atoms with Gasteiger partial charge < -0.3 is 20.1 Å². The predicted molar refractivity (Wildman–Crippen MR) is 74.6 cm³/mol. The number of hydrogen-bond donors (Lipinski definition) is 2. The Balaban J connectivity index is 2.31. The second kappa shape index (κ2) is 7.88. The van der Waals surface area contributed by atoms with Crippen LogP contribution in [0.25, 0.3) is 0 Å². The Morgan fingerprint density at radius 1 is 1.36 bits per heavy atom. The normalized spacial score (nSPS) is 12.6. The number of nitrogens with one attached hydrogen (secondary N) is 1. The van der Waals surface area contributed by atoms with Crippen LogP contribution in [0.3, 0.4) is 0 Å². The van der Waals surface area contributed by atoms with Crippen LogP contribution >= 0.6 is 0 Å². The summed E-state index contributed by atoms with van der Waals surface area (Å²) in [5, 5.41) is 11.7. The largest absolute Gasteiger partial charge is 0.492 e. The van der Waals surface area contributed by atoms with E-state index in [1.807, 2.05) is 0 Å². The molecule has 22 heavy (non-hydrogen) atoms. The number of likely N-dealkylation sites (N-methyl/N-ethyl adjacent to an activating group) is 1. The molecule has 0 aliphatic heterocycles. The lowest BCUT2D eigenvalue weighted by Gasteiger charge is -2.19. The van der Waals surface area contributed by atoms with Crippen molar-refractivity contribution in [2.75, 3.05) is 26.7 Å². The van der Waals surface area contributed by atoms with Crippen LogP contribution < -0.4 is 10.1 Å². The van der Waals surface area contributed by atoms with Crippen LogP contribution in [0.4, 0.5) is 18.0 Å². The minimum atomic E-state index is -4.37. The number of alkyl halides is 3. The highest BCUT2D eigenvalue weighted by Crippen LogP contribution is 2.30. The molecule has 2 amide bonds. The summed E-state index contributed by atoms with van der Waals surface area (Å²) < 4.78 is 42.3. The van der Waals surface area contributed by atoms with Crippen LogP contribution in [0.2, 0.25) is 0 Å². The predicted octanol–water partition coefficient (Wildman–Crippen LogP) is 2.11. The number of benzene rings is 1. The highest BCUT2D eigenvalue weighted by Gasteiger charge is 2.29. The quantitative estimate of drug-likeness (QED) is 0.789. The number of rotatable bonds is 6. The number of halogens is 3. The van der Waals surface area contributed by atoms with Gasteiger partial charge in [0.2, 0.25) is 0 Å². The van der Waals surface area contributed by atoms with Crippen molar-refractivity contribution in [2.24, 2.45) is 0 Å². The molecule has 0 aliphatic rings. The first-order chi connectivity index (χ1) is 10.2. The standard InChI is InChI=1S/C14H19F3N2O3/c1-10(20)9-19(2)13(21)18-7-8-22-12-5-3-11(4-6-12)14(15,16)17/h3-6,10,20H,7-9H2,1-2H3,(H,18,21). The van der Waals surface area contributed by atoms with Crippen molar-refractivity contribution >= 4 is 6.03 Å². The number of carbonyl (C=O) groups excluding carboxylic acids is 1. The van der Waals surface area contributed by atoms with Crippen molar-refractivity contribution < 1.29 is 27.8 Å². The molecule has 1 unspecified atom stereocenters. The molecule has 0 saturated carbocycles. The van der Waals surface area contributed by atoms with Gasteiger partial charge >= 0.3 is 12.2 Å². The van der Waals surface area contributed by atoms with E-state index in [4.69, 9.17) is 9.84 Å². The van der Waals surface area contributed by atoms with Gasteiger partial charge in [-0.3, -0.25) is 0 Å². The van der Waals surface area contributed by atoms with Gasteiger partial charge in [0.1, 0.15) is 12.4 Å². The van der Waals surface area contributed by atoms with E-state index in [1.54, 1.807) is 14.0 Å². The lowest BCUT2D eigenvalue weighted by atomic mass is 10.2. The number of hydrogen-bond acceptors (Lipinski definition) is 3. The molecular weight excluding hydrogens is 301 g/mol. The van der Waals surface area contributed by atoms with Crippen LogP contribution in [-0.2, 0) is 6.18 Å². The topological polar surface area (TPSA) is 61.8 Å². The number of nitrogens with zero attached hydrogens (tertiary/aromatic N) is 1. The minimum absolute atomic E-state index is 0.125. The van der Waals surface area contributed by atoms with Gasteiger partial charge in [0.05, 0.1) is 18.2 Å². The molecule has 0 saturated heterocycles. The van der Waals surface area contributed by atoms with E-state index in [0.717, 1.165) is 12.1 Å². The van der Waals surface area contributed by atoms with E-state index in [0.29, 0.717) is 5.75 Å². The monoisotopic (exact) mass is 320 g/mol. The maximum atomic E-state index is 12.4. The van der Waals surface area contributed by atoms with Crippen molar-refractivity contribution in [3.63, 3.8) is 0 Å². The summed E-state index contributed by atoms with van der Waals surface area (Å²) in [7, 11) is 1.54. The lowest BCUT2D eigenvalue weighted by Crippen LogP contribution is -2.42. The zero-order valence-corrected chi connectivity index (χ0v) is 12.4. The molecule has 0 radical (unpaired) electrons. The molecule has 5 nitrogen and oxygen atoms in total. The van der Waals surface area contributed by atoms with E-state index >= 15 is 0 Å². The van der Waals surface area contributed by atoms with Crippen LogP contribution in [-0.4, -0.2) is 48.9 Å². The Bertz CT molecular complexity index is 475. The molecule has 8 heteroatoms.